The second-order valence-corrected chi connectivity index (χ2v) is 5.82. The largest absolute Gasteiger partial charge is 0.358 e. The molecule has 0 fully saturated rings. The molecule has 0 spiro atoms. The van der Waals surface area contributed by atoms with Crippen LogP contribution in [-0.4, -0.2) is 10.9 Å². The predicted molar refractivity (Wildman–Crippen MR) is 91.3 cm³/mol. The third-order valence-corrected chi connectivity index (χ3v) is 4.03. The zero-order valence-electron chi connectivity index (χ0n) is 13.2. The Morgan fingerprint density at radius 3 is 2.64 bits per heavy atom. The normalized spacial score (nSPS) is 10.9. The third kappa shape index (κ3) is 2.75. The van der Waals surface area contributed by atoms with Crippen molar-refractivity contribution in [1.29, 1.82) is 0 Å². The summed E-state index contributed by atoms with van der Waals surface area (Å²) in [5.41, 5.74) is 6.36. The van der Waals surface area contributed by atoms with E-state index in [1.165, 1.54) is 5.56 Å². The van der Waals surface area contributed by atoms with Gasteiger partial charge in [-0.05, 0) is 50.1 Å². The van der Waals surface area contributed by atoms with Gasteiger partial charge in [-0.1, -0.05) is 29.8 Å². The molecule has 3 rings (SSSR count). The quantitative estimate of drug-likeness (QED) is 0.743. The maximum Gasteiger partial charge on any atom is 0.228 e. The molecule has 0 aliphatic rings. The molecular weight excluding hydrogens is 272 g/mol. The van der Waals surface area contributed by atoms with E-state index in [0.29, 0.717) is 6.42 Å². The number of H-pyrrole nitrogens is 1. The van der Waals surface area contributed by atoms with Gasteiger partial charge in [0.1, 0.15) is 0 Å². The first kappa shape index (κ1) is 14.4. The van der Waals surface area contributed by atoms with E-state index in [2.05, 4.69) is 35.4 Å². The lowest BCUT2D eigenvalue weighted by molar-refractivity contribution is -0.115. The van der Waals surface area contributed by atoms with Crippen LogP contribution in [0.25, 0.3) is 10.9 Å². The van der Waals surface area contributed by atoms with Crippen LogP contribution in [0.4, 0.5) is 5.69 Å². The van der Waals surface area contributed by atoms with Crippen molar-refractivity contribution in [3.05, 3.63) is 64.8 Å². The average molecular weight is 292 g/mol. The number of hydrogen-bond donors (Lipinski definition) is 2. The van der Waals surface area contributed by atoms with Crippen LogP contribution in [0, 0.1) is 20.8 Å². The molecule has 3 heteroatoms. The monoisotopic (exact) mass is 292 g/mol. The van der Waals surface area contributed by atoms with E-state index in [1.807, 2.05) is 38.1 Å². The molecular formula is C19H20N2O. The second-order valence-electron chi connectivity index (χ2n) is 5.82. The minimum Gasteiger partial charge on any atom is -0.358 e. The van der Waals surface area contributed by atoms with Gasteiger partial charge in [0.05, 0.1) is 6.42 Å². The highest BCUT2D eigenvalue weighted by atomic mass is 16.1. The number of rotatable bonds is 3. The number of hydrogen-bond acceptors (Lipinski definition) is 1. The molecule has 0 saturated carbocycles. The molecule has 112 valence electrons. The molecule has 0 atom stereocenters. The Morgan fingerprint density at radius 1 is 1.09 bits per heavy atom. The van der Waals surface area contributed by atoms with Crippen LogP contribution in [0.1, 0.15) is 22.4 Å². The van der Waals surface area contributed by atoms with Gasteiger partial charge in [-0.2, -0.15) is 0 Å². The van der Waals surface area contributed by atoms with E-state index in [9.17, 15) is 4.79 Å². The van der Waals surface area contributed by atoms with Gasteiger partial charge in [0.15, 0.2) is 0 Å². The summed E-state index contributed by atoms with van der Waals surface area (Å²) >= 11 is 0. The van der Waals surface area contributed by atoms with Crippen LogP contribution in [-0.2, 0) is 11.2 Å². The van der Waals surface area contributed by atoms with Crippen LogP contribution in [0.15, 0.2) is 42.5 Å². The van der Waals surface area contributed by atoms with Gasteiger partial charge in [0, 0.05) is 22.3 Å². The molecule has 1 aromatic heterocycles. The highest BCUT2D eigenvalue weighted by molar-refractivity contribution is 5.97. The van der Waals surface area contributed by atoms with Gasteiger partial charge >= 0.3 is 0 Å². The summed E-state index contributed by atoms with van der Waals surface area (Å²) in [5.74, 6) is 0.0137. The van der Waals surface area contributed by atoms with Crippen molar-refractivity contribution in [2.45, 2.75) is 27.2 Å². The number of carbonyl (C=O) groups is 1. The van der Waals surface area contributed by atoms with Gasteiger partial charge in [0.25, 0.3) is 0 Å². The van der Waals surface area contributed by atoms with E-state index in [4.69, 9.17) is 0 Å². The molecule has 0 radical (unpaired) electrons. The van der Waals surface area contributed by atoms with Crippen LogP contribution in [0.5, 0.6) is 0 Å². The zero-order chi connectivity index (χ0) is 15.7. The fourth-order valence-corrected chi connectivity index (χ4v) is 2.79. The van der Waals surface area contributed by atoms with E-state index < -0.39 is 0 Å². The van der Waals surface area contributed by atoms with Crippen LogP contribution >= 0.6 is 0 Å². The number of fused-ring (bicyclic) bond motifs is 1. The topological polar surface area (TPSA) is 44.9 Å². The molecule has 0 aliphatic carbocycles. The Labute approximate surface area is 130 Å². The maximum atomic E-state index is 12.4. The number of aromatic nitrogens is 1. The Morgan fingerprint density at radius 2 is 1.86 bits per heavy atom. The van der Waals surface area contributed by atoms with Crippen molar-refractivity contribution in [1.82, 2.24) is 4.98 Å². The highest BCUT2D eigenvalue weighted by Crippen LogP contribution is 2.24. The first-order valence-electron chi connectivity index (χ1n) is 7.48. The average Bonchev–Trinajstić information content (AvgIpc) is 2.77. The fraction of sp³-hybridized carbons (Fsp3) is 0.211. The number of nitrogens with one attached hydrogen (secondary N) is 2. The molecule has 3 aromatic rings. The number of carbonyl (C=O) groups excluding carboxylic acids is 1. The molecule has 0 aliphatic heterocycles. The van der Waals surface area contributed by atoms with Crippen LogP contribution in [0.2, 0.25) is 0 Å². The Balaban J connectivity index is 1.87. The lowest BCUT2D eigenvalue weighted by atomic mass is 10.1. The molecule has 1 amide bonds. The van der Waals surface area contributed by atoms with E-state index in [0.717, 1.165) is 33.4 Å². The molecule has 0 bridgehead atoms. The molecule has 1 heterocycles. The summed E-state index contributed by atoms with van der Waals surface area (Å²) in [6.07, 6.45) is 0.379. The summed E-state index contributed by atoms with van der Waals surface area (Å²) < 4.78 is 0. The summed E-state index contributed by atoms with van der Waals surface area (Å²) in [6, 6.07) is 14.1. The first-order chi connectivity index (χ1) is 10.5. The SMILES string of the molecule is Cc1ccc2[nH]c(C)c(CC(=O)Nc3ccccc3C)c2c1. The van der Waals surface area contributed by atoms with E-state index in [-0.39, 0.29) is 5.91 Å². The molecule has 2 aromatic carbocycles. The van der Waals surface area contributed by atoms with Gasteiger partial charge in [-0.3, -0.25) is 4.79 Å². The number of anilines is 1. The number of benzene rings is 2. The number of aryl methyl sites for hydroxylation is 3. The lowest BCUT2D eigenvalue weighted by Crippen LogP contribution is -2.15. The molecule has 0 saturated heterocycles. The van der Waals surface area contributed by atoms with Gasteiger partial charge in [0.2, 0.25) is 5.91 Å². The van der Waals surface area contributed by atoms with Crippen molar-refractivity contribution in [3.8, 4) is 0 Å². The Kier molecular flexibility index (Phi) is 3.72. The van der Waals surface area contributed by atoms with Crippen molar-refractivity contribution in [2.75, 3.05) is 5.32 Å². The molecule has 0 unspecified atom stereocenters. The van der Waals surface area contributed by atoms with E-state index in [1.54, 1.807) is 0 Å². The third-order valence-electron chi connectivity index (χ3n) is 4.03. The summed E-state index contributed by atoms with van der Waals surface area (Å²) in [6.45, 7) is 6.08. The molecule has 22 heavy (non-hydrogen) atoms. The number of aromatic amines is 1. The van der Waals surface area contributed by atoms with Gasteiger partial charge in [-0.25, -0.2) is 0 Å². The predicted octanol–water partition coefficient (Wildman–Crippen LogP) is 4.27. The summed E-state index contributed by atoms with van der Waals surface area (Å²) in [7, 11) is 0. The number of para-hydroxylation sites is 1. The van der Waals surface area contributed by atoms with Crippen molar-refractivity contribution in [2.24, 2.45) is 0 Å². The maximum absolute atomic E-state index is 12.4. The lowest BCUT2D eigenvalue weighted by Gasteiger charge is -2.08. The molecule has 2 N–H and O–H groups in total. The summed E-state index contributed by atoms with van der Waals surface area (Å²) in [5, 5.41) is 4.14. The highest BCUT2D eigenvalue weighted by Gasteiger charge is 2.13. The minimum absolute atomic E-state index is 0.0137. The van der Waals surface area contributed by atoms with Crippen molar-refractivity contribution < 1.29 is 4.79 Å². The number of amides is 1. The Hall–Kier alpha value is -2.55. The Bertz CT molecular complexity index is 846. The second kappa shape index (κ2) is 5.68. The van der Waals surface area contributed by atoms with Crippen LogP contribution in [0.3, 0.4) is 0 Å². The standard InChI is InChI=1S/C19H20N2O/c1-12-8-9-18-16(10-12)15(14(3)20-18)11-19(22)21-17-7-5-4-6-13(17)2/h4-10,20H,11H2,1-3H3,(H,21,22). The van der Waals surface area contributed by atoms with Crippen LogP contribution < -0.4 is 5.32 Å². The molecule has 3 nitrogen and oxygen atoms in total. The zero-order valence-corrected chi connectivity index (χ0v) is 13.2. The van der Waals surface area contributed by atoms with E-state index >= 15 is 0 Å². The van der Waals surface area contributed by atoms with Crippen molar-refractivity contribution in [3.63, 3.8) is 0 Å². The van der Waals surface area contributed by atoms with Crippen molar-refractivity contribution >= 4 is 22.5 Å². The fourth-order valence-electron chi connectivity index (χ4n) is 2.79. The summed E-state index contributed by atoms with van der Waals surface area (Å²) in [4.78, 5) is 15.7. The minimum atomic E-state index is 0.0137. The smallest absolute Gasteiger partial charge is 0.228 e. The van der Waals surface area contributed by atoms with Gasteiger partial charge < -0.3 is 10.3 Å². The first-order valence-corrected chi connectivity index (χ1v) is 7.48. The van der Waals surface area contributed by atoms with Gasteiger partial charge in [-0.15, -0.1) is 0 Å².